The van der Waals surface area contributed by atoms with Crippen LogP contribution in [0, 0.1) is 0 Å². The Morgan fingerprint density at radius 3 is 3.27 bits per heavy atom. The van der Waals surface area contributed by atoms with E-state index >= 15 is 0 Å². The molecule has 4 nitrogen and oxygen atoms in total. The molecule has 1 N–H and O–H groups in total. The van der Waals surface area contributed by atoms with Crippen LogP contribution in [0.25, 0.3) is 0 Å². The van der Waals surface area contributed by atoms with Crippen LogP contribution in [0.4, 0.5) is 0 Å². The first-order chi connectivity index (χ1) is 7.81. The van der Waals surface area contributed by atoms with Gasteiger partial charge in [-0.2, -0.15) is 0 Å². The van der Waals surface area contributed by atoms with Gasteiger partial charge in [-0.3, -0.25) is 4.79 Å². The van der Waals surface area contributed by atoms with E-state index in [1.54, 1.807) is 18.2 Å². The summed E-state index contributed by atoms with van der Waals surface area (Å²) in [5.74, 6) is 1.29. The normalized spacial score (nSPS) is 13.7. The molecule has 15 heavy (non-hydrogen) atoms. The third kappa shape index (κ3) is 2.10. The van der Waals surface area contributed by atoms with Gasteiger partial charge >= 0.3 is 0 Å². The number of nitrogens with one attached hydrogen (secondary N) is 1. The molecule has 0 bridgehead atoms. The Kier molecular flexibility index (Phi) is 2.51. The molecule has 1 aromatic rings. The van der Waals surface area contributed by atoms with Crippen molar-refractivity contribution >= 4 is 5.78 Å². The number of carbonyl (C=O) groups is 1. The average molecular weight is 208 g/mol. The number of benzene rings is 1. The van der Waals surface area contributed by atoms with E-state index in [1.807, 2.05) is 0 Å². The maximum atomic E-state index is 11.7. The molecular weight excluding hydrogens is 194 g/mol. The minimum Gasteiger partial charge on any atom is -0.454 e. The molecule has 4 heteroatoms. The van der Waals surface area contributed by atoms with Crippen molar-refractivity contribution in [1.29, 1.82) is 0 Å². The zero-order valence-electron chi connectivity index (χ0n) is 9.29. The van der Waals surface area contributed by atoms with Gasteiger partial charge in [0.1, 0.15) is 0 Å². The Balaban J connectivity index is 2.01. The van der Waals surface area contributed by atoms with E-state index < -0.39 is 0 Å². The first kappa shape index (κ1) is 8.73. The van der Waals surface area contributed by atoms with Crippen LogP contribution in [0.1, 0.15) is 18.6 Å². The number of ketones is 1. The molecule has 0 unspecified atom stereocenters. The van der Waals surface area contributed by atoms with Gasteiger partial charge in [0.25, 0.3) is 0 Å². The summed E-state index contributed by atoms with van der Waals surface area (Å²) in [4.78, 5) is 11.7. The largest absolute Gasteiger partial charge is 0.454 e. The molecule has 0 spiro atoms. The number of hydrogen-bond acceptors (Lipinski definition) is 4. The summed E-state index contributed by atoms with van der Waals surface area (Å²) in [7, 11) is 0. The molecular formula is C11H13NO3. The Bertz CT molecular complexity index is 395. The van der Waals surface area contributed by atoms with Gasteiger partial charge in [-0.05, 0) is 24.7 Å². The lowest BCUT2D eigenvalue weighted by atomic mass is 10.1. The van der Waals surface area contributed by atoms with Crippen LogP contribution < -0.4 is 14.8 Å². The smallest absolute Gasteiger partial charge is 0.231 e. The third-order valence-electron chi connectivity index (χ3n) is 2.16. The molecule has 0 amide bonds. The first-order valence-electron chi connectivity index (χ1n) is 5.45. The molecule has 0 atom stereocenters. The molecule has 1 aromatic carbocycles. The lowest BCUT2D eigenvalue weighted by molar-refractivity contribution is 0.0991. The van der Waals surface area contributed by atoms with Crippen molar-refractivity contribution in [2.75, 3.05) is 19.9 Å². The fourth-order valence-corrected chi connectivity index (χ4v) is 1.37. The lowest BCUT2D eigenvalue weighted by Crippen LogP contribution is -2.22. The molecule has 0 aromatic heterocycles. The summed E-state index contributed by atoms with van der Waals surface area (Å²) in [5.41, 5.74) is 0.599. The molecule has 0 saturated heterocycles. The summed E-state index contributed by atoms with van der Waals surface area (Å²) >= 11 is 0. The molecule has 0 aliphatic carbocycles. The summed E-state index contributed by atoms with van der Waals surface area (Å²) in [6, 6.07) is 5.14. The topological polar surface area (TPSA) is 47.6 Å². The summed E-state index contributed by atoms with van der Waals surface area (Å²) in [6.07, 6.45) is 0. The van der Waals surface area contributed by atoms with Gasteiger partial charge in [0, 0.05) is 6.93 Å². The van der Waals surface area contributed by atoms with E-state index in [1.165, 1.54) is 0 Å². The second-order valence-electron chi connectivity index (χ2n) is 3.17. The number of ether oxygens (including phenoxy) is 2. The maximum absolute atomic E-state index is 11.7. The van der Waals surface area contributed by atoms with E-state index in [4.69, 9.17) is 10.8 Å². The minimum absolute atomic E-state index is 0.00764. The Hall–Kier alpha value is -1.55. The SMILES string of the molecule is [2H]CCNCC(=O)c1ccc2c(c1)OCO2. The van der Waals surface area contributed by atoms with Crippen LogP contribution in [0.2, 0.25) is 0 Å². The van der Waals surface area contributed by atoms with Crippen LogP contribution in [-0.2, 0) is 0 Å². The molecule has 2 rings (SSSR count). The maximum Gasteiger partial charge on any atom is 0.231 e. The van der Waals surface area contributed by atoms with Crippen molar-refractivity contribution in [3.8, 4) is 11.5 Å². The summed E-state index contributed by atoms with van der Waals surface area (Å²) in [5, 5.41) is 2.89. The van der Waals surface area contributed by atoms with E-state index in [-0.39, 0.29) is 26.0 Å². The summed E-state index contributed by atoms with van der Waals surface area (Å²) in [6.45, 7) is 1.26. The number of Topliss-reactive ketones (excluding diaryl/α,β-unsaturated/α-hetero) is 1. The molecule has 0 fully saturated rings. The summed E-state index contributed by atoms with van der Waals surface area (Å²) < 4.78 is 17.3. The standard InChI is InChI=1S/C11H13NO3/c1-2-12-6-9(13)8-3-4-10-11(5-8)15-7-14-10/h3-5,12H,2,6-7H2,1H3/i1D. The monoisotopic (exact) mass is 208 g/mol. The quantitative estimate of drug-likeness (QED) is 0.596. The molecule has 80 valence electrons. The molecule has 0 radical (unpaired) electrons. The predicted molar refractivity (Wildman–Crippen MR) is 55.4 cm³/mol. The minimum atomic E-state index is -0.00764. The van der Waals surface area contributed by atoms with Gasteiger partial charge in [-0.1, -0.05) is 6.90 Å². The average Bonchev–Trinajstić information content (AvgIpc) is 2.76. The van der Waals surface area contributed by atoms with Gasteiger partial charge < -0.3 is 14.8 Å². The highest BCUT2D eigenvalue weighted by molar-refractivity contribution is 5.98. The second kappa shape index (κ2) is 4.31. The molecule has 1 aliphatic heterocycles. The van der Waals surface area contributed by atoms with Gasteiger partial charge in [0.05, 0.1) is 6.54 Å². The van der Waals surface area contributed by atoms with E-state index in [0.29, 0.717) is 23.6 Å². The Morgan fingerprint density at radius 1 is 1.53 bits per heavy atom. The van der Waals surface area contributed by atoms with Gasteiger partial charge in [-0.25, -0.2) is 0 Å². The van der Waals surface area contributed by atoms with Gasteiger partial charge in [-0.15, -0.1) is 0 Å². The number of rotatable bonds is 4. The zero-order valence-corrected chi connectivity index (χ0v) is 8.29. The van der Waals surface area contributed by atoms with Crippen LogP contribution in [0.15, 0.2) is 18.2 Å². The molecule has 1 heterocycles. The highest BCUT2D eigenvalue weighted by atomic mass is 16.7. The van der Waals surface area contributed by atoms with Gasteiger partial charge in [0.15, 0.2) is 17.3 Å². The van der Waals surface area contributed by atoms with Crippen molar-refractivity contribution < 1.29 is 15.6 Å². The van der Waals surface area contributed by atoms with E-state index in [0.717, 1.165) is 0 Å². The van der Waals surface area contributed by atoms with E-state index in [9.17, 15) is 4.79 Å². The van der Waals surface area contributed by atoms with Crippen molar-refractivity contribution in [2.24, 2.45) is 0 Å². The predicted octanol–water partition coefficient (Wildman–Crippen LogP) is 1.21. The fourth-order valence-electron chi connectivity index (χ4n) is 1.37. The van der Waals surface area contributed by atoms with Crippen LogP contribution >= 0.6 is 0 Å². The lowest BCUT2D eigenvalue weighted by Gasteiger charge is -2.02. The fraction of sp³-hybridized carbons (Fsp3) is 0.364. The number of fused-ring (bicyclic) bond motifs is 1. The van der Waals surface area contributed by atoms with Crippen LogP contribution in [0.5, 0.6) is 11.5 Å². The Labute approximate surface area is 89.6 Å². The highest BCUT2D eigenvalue weighted by Crippen LogP contribution is 2.32. The number of hydrogen-bond donors (Lipinski definition) is 1. The van der Waals surface area contributed by atoms with Crippen molar-refractivity contribution in [3.63, 3.8) is 0 Å². The zero-order chi connectivity index (χ0) is 11.4. The van der Waals surface area contributed by atoms with Crippen molar-refractivity contribution in [2.45, 2.75) is 6.90 Å². The van der Waals surface area contributed by atoms with Gasteiger partial charge in [0.2, 0.25) is 6.79 Å². The van der Waals surface area contributed by atoms with Crippen LogP contribution in [0.3, 0.4) is 0 Å². The molecule has 1 aliphatic rings. The number of likely N-dealkylation sites (N-methyl/N-ethyl adjacent to an activating group) is 1. The van der Waals surface area contributed by atoms with Crippen LogP contribution in [-0.4, -0.2) is 25.7 Å². The number of carbonyl (C=O) groups excluding carboxylic acids is 1. The Morgan fingerprint density at radius 2 is 2.40 bits per heavy atom. The first-order valence-corrected chi connectivity index (χ1v) is 4.74. The second-order valence-corrected chi connectivity index (χ2v) is 3.17. The van der Waals surface area contributed by atoms with Crippen molar-refractivity contribution in [1.82, 2.24) is 5.32 Å². The van der Waals surface area contributed by atoms with Crippen molar-refractivity contribution in [3.05, 3.63) is 23.8 Å². The van der Waals surface area contributed by atoms with E-state index in [2.05, 4.69) is 5.32 Å². The highest BCUT2D eigenvalue weighted by Gasteiger charge is 2.15. The third-order valence-corrected chi connectivity index (χ3v) is 2.16. The molecule has 0 saturated carbocycles.